The van der Waals surface area contributed by atoms with E-state index in [2.05, 4.69) is 10.3 Å². The Hall–Kier alpha value is -4.30. The zero-order chi connectivity index (χ0) is 23.3. The number of benzene rings is 2. The molecule has 0 aliphatic carbocycles. The van der Waals surface area contributed by atoms with Crippen molar-refractivity contribution in [1.29, 1.82) is 0 Å². The highest BCUT2D eigenvalue weighted by Gasteiger charge is 2.29. The lowest BCUT2D eigenvalue weighted by molar-refractivity contribution is -0.112. The molecule has 0 fully saturated rings. The van der Waals surface area contributed by atoms with E-state index in [0.717, 1.165) is 0 Å². The Morgan fingerprint density at radius 2 is 1.81 bits per heavy atom. The van der Waals surface area contributed by atoms with Crippen LogP contribution >= 0.6 is 11.6 Å². The smallest absolute Gasteiger partial charge is 0.335 e. The number of nitrogens with two attached hydrogens (primary N) is 1. The third kappa shape index (κ3) is 5.24. The molecule has 8 nitrogen and oxygen atoms in total. The normalized spacial score (nSPS) is 13.5. The molecule has 0 saturated carbocycles. The standard InChI is InChI=1S/C17H10ClNO4.C6H6N2O/c18-11-3-1-2-9(6-11)7-13-15(20)12-8-10(17(22)23)4-5-14(12)19-16(13)21;7-6(9)5-2-1-3-8-4-5/h1-8H,(H,19,21)(H,22,23);1-4H,(H2,7,9)/b13-7-;. The van der Waals surface area contributed by atoms with E-state index in [1.165, 1.54) is 30.5 Å². The van der Waals surface area contributed by atoms with Crippen molar-refractivity contribution in [3.05, 3.63) is 99.8 Å². The number of hydrogen-bond donors (Lipinski definition) is 3. The summed E-state index contributed by atoms with van der Waals surface area (Å²) in [5, 5.41) is 12.1. The fourth-order valence-corrected chi connectivity index (χ4v) is 3.01. The van der Waals surface area contributed by atoms with Crippen LogP contribution in [0.2, 0.25) is 5.02 Å². The van der Waals surface area contributed by atoms with Crippen molar-refractivity contribution in [3.8, 4) is 0 Å². The molecule has 0 spiro atoms. The van der Waals surface area contributed by atoms with Crippen molar-refractivity contribution in [3.63, 3.8) is 0 Å². The number of rotatable bonds is 3. The molecule has 4 N–H and O–H groups in total. The van der Waals surface area contributed by atoms with Crippen molar-refractivity contribution in [2.75, 3.05) is 5.32 Å². The molecule has 1 aliphatic rings. The monoisotopic (exact) mass is 449 g/mol. The van der Waals surface area contributed by atoms with E-state index < -0.39 is 23.6 Å². The Balaban J connectivity index is 0.000000269. The molecular formula is C23H16ClN3O5. The van der Waals surface area contributed by atoms with Crippen LogP contribution in [0.15, 0.2) is 72.6 Å². The highest BCUT2D eigenvalue weighted by Crippen LogP contribution is 2.28. The molecule has 0 unspecified atom stereocenters. The number of carboxylic acid groups (broad SMARTS) is 1. The van der Waals surface area contributed by atoms with E-state index in [4.69, 9.17) is 22.4 Å². The number of hydrogen-bond acceptors (Lipinski definition) is 5. The molecule has 2 amide bonds. The number of Topliss-reactive ketones (excluding diaryl/α,β-unsaturated/α-hetero) is 1. The van der Waals surface area contributed by atoms with E-state index in [-0.39, 0.29) is 16.7 Å². The predicted octanol–water partition coefficient (Wildman–Crippen LogP) is 3.44. The number of carbonyl (C=O) groups is 4. The number of amides is 2. The number of carboxylic acids is 1. The minimum Gasteiger partial charge on any atom is -0.478 e. The average Bonchev–Trinajstić information content (AvgIpc) is 2.77. The Labute approximate surface area is 187 Å². The van der Waals surface area contributed by atoms with Crippen LogP contribution in [-0.2, 0) is 4.79 Å². The lowest BCUT2D eigenvalue weighted by atomic mass is 9.94. The number of fused-ring (bicyclic) bond motifs is 1. The first-order valence-corrected chi connectivity index (χ1v) is 9.54. The number of halogens is 1. The van der Waals surface area contributed by atoms with Gasteiger partial charge >= 0.3 is 5.97 Å². The molecule has 0 saturated heterocycles. The van der Waals surface area contributed by atoms with E-state index in [9.17, 15) is 19.2 Å². The number of anilines is 1. The van der Waals surface area contributed by atoms with Crippen LogP contribution in [-0.4, -0.2) is 33.7 Å². The van der Waals surface area contributed by atoms with Gasteiger partial charge in [-0.25, -0.2) is 4.79 Å². The van der Waals surface area contributed by atoms with Crippen LogP contribution in [0.5, 0.6) is 0 Å². The maximum Gasteiger partial charge on any atom is 0.335 e. The van der Waals surface area contributed by atoms with Crippen molar-refractivity contribution in [2.45, 2.75) is 0 Å². The fourth-order valence-electron chi connectivity index (χ4n) is 2.81. The van der Waals surface area contributed by atoms with E-state index in [1.54, 1.807) is 42.6 Å². The molecule has 0 atom stereocenters. The van der Waals surface area contributed by atoms with Gasteiger partial charge in [0.1, 0.15) is 0 Å². The number of pyridine rings is 1. The first-order valence-electron chi connectivity index (χ1n) is 9.16. The molecule has 1 aliphatic heterocycles. The Morgan fingerprint density at radius 3 is 2.41 bits per heavy atom. The number of carbonyl (C=O) groups excluding carboxylic acids is 3. The fraction of sp³-hybridized carbons (Fsp3) is 0. The number of aromatic carboxylic acids is 1. The number of aromatic nitrogens is 1. The second-order valence-corrected chi connectivity index (χ2v) is 7.00. The van der Waals surface area contributed by atoms with Gasteiger partial charge in [-0.05, 0) is 54.1 Å². The summed E-state index contributed by atoms with van der Waals surface area (Å²) in [6.07, 6.45) is 4.45. The predicted molar refractivity (Wildman–Crippen MR) is 119 cm³/mol. The van der Waals surface area contributed by atoms with Crippen molar-refractivity contribution < 1.29 is 24.3 Å². The molecule has 160 valence electrons. The molecule has 9 heteroatoms. The minimum absolute atomic E-state index is 0.0182. The minimum atomic E-state index is -1.14. The van der Waals surface area contributed by atoms with Gasteiger partial charge in [-0.3, -0.25) is 19.4 Å². The molecule has 1 aromatic heterocycles. The largest absolute Gasteiger partial charge is 0.478 e. The topological polar surface area (TPSA) is 139 Å². The SMILES string of the molecule is NC(=O)c1cccnc1.O=C1Nc2ccc(C(=O)O)cc2C(=O)/C1=C/c1cccc(Cl)c1. The molecule has 0 bridgehead atoms. The van der Waals surface area contributed by atoms with E-state index in [0.29, 0.717) is 21.8 Å². The summed E-state index contributed by atoms with van der Waals surface area (Å²) < 4.78 is 0. The first-order chi connectivity index (χ1) is 15.3. The van der Waals surface area contributed by atoms with Gasteiger partial charge in [0, 0.05) is 23.0 Å². The highest BCUT2D eigenvalue weighted by atomic mass is 35.5. The number of ketones is 1. The van der Waals surface area contributed by atoms with Gasteiger partial charge in [0.2, 0.25) is 11.7 Å². The van der Waals surface area contributed by atoms with Gasteiger partial charge < -0.3 is 16.2 Å². The van der Waals surface area contributed by atoms with Crippen molar-refractivity contribution in [1.82, 2.24) is 4.98 Å². The van der Waals surface area contributed by atoms with Crippen LogP contribution in [0, 0.1) is 0 Å². The maximum absolute atomic E-state index is 12.5. The van der Waals surface area contributed by atoms with Gasteiger partial charge in [-0.2, -0.15) is 0 Å². The summed E-state index contributed by atoms with van der Waals surface area (Å²) in [5.41, 5.74) is 6.35. The summed E-state index contributed by atoms with van der Waals surface area (Å²) >= 11 is 5.89. The summed E-state index contributed by atoms with van der Waals surface area (Å²) in [6.45, 7) is 0. The van der Waals surface area contributed by atoms with Crippen LogP contribution in [0.1, 0.15) is 36.6 Å². The van der Waals surface area contributed by atoms with Crippen LogP contribution in [0.25, 0.3) is 6.08 Å². The van der Waals surface area contributed by atoms with Crippen LogP contribution < -0.4 is 11.1 Å². The first kappa shape index (κ1) is 22.4. The summed E-state index contributed by atoms with van der Waals surface area (Å²) in [7, 11) is 0. The summed E-state index contributed by atoms with van der Waals surface area (Å²) in [6, 6.07) is 14.0. The lowest BCUT2D eigenvalue weighted by Gasteiger charge is -2.18. The molecule has 3 aromatic rings. The lowest BCUT2D eigenvalue weighted by Crippen LogP contribution is -2.27. The third-order valence-electron chi connectivity index (χ3n) is 4.35. The van der Waals surface area contributed by atoms with Crippen LogP contribution in [0.4, 0.5) is 5.69 Å². The second-order valence-electron chi connectivity index (χ2n) is 6.57. The van der Waals surface area contributed by atoms with E-state index >= 15 is 0 Å². The highest BCUT2D eigenvalue weighted by molar-refractivity contribution is 6.36. The molecular weight excluding hydrogens is 434 g/mol. The van der Waals surface area contributed by atoms with Crippen molar-refractivity contribution in [2.24, 2.45) is 5.73 Å². The van der Waals surface area contributed by atoms with Gasteiger partial charge in [0.15, 0.2) is 0 Å². The zero-order valence-corrected chi connectivity index (χ0v) is 17.2. The Morgan fingerprint density at radius 1 is 1.03 bits per heavy atom. The molecule has 32 heavy (non-hydrogen) atoms. The zero-order valence-electron chi connectivity index (χ0n) is 16.4. The average molecular weight is 450 g/mol. The molecule has 2 heterocycles. The molecule has 0 radical (unpaired) electrons. The quantitative estimate of drug-likeness (QED) is 0.413. The number of nitrogens with one attached hydrogen (secondary N) is 1. The second kappa shape index (κ2) is 9.67. The summed E-state index contributed by atoms with van der Waals surface area (Å²) in [5.74, 6) is -2.64. The Kier molecular flexibility index (Phi) is 6.77. The third-order valence-corrected chi connectivity index (χ3v) is 4.59. The maximum atomic E-state index is 12.5. The molecule has 4 rings (SSSR count). The number of nitrogens with zero attached hydrogens (tertiary/aromatic N) is 1. The van der Waals surface area contributed by atoms with Gasteiger partial charge in [0.25, 0.3) is 5.91 Å². The van der Waals surface area contributed by atoms with Crippen molar-refractivity contribution >= 4 is 46.9 Å². The van der Waals surface area contributed by atoms with Gasteiger partial charge in [-0.15, -0.1) is 0 Å². The number of primary amides is 1. The van der Waals surface area contributed by atoms with Crippen LogP contribution in [0.3, 0.4) is 0 Å². The Bertz CT molecular complexity index is 1260. The summed E-state index contributed by atoms with van der Waals surface area (Å²) in [4.78, 5) is 49.8. The van der Waals surface area contributed by atoms with Gasteiger partial charge in [0.05, 0.1) is 22.4 Å². The molecule has 2 aromatic carbocycles. The van der Waals surface area contributed by atoms with Gasteiger partial charge in [-0.1, -0.05) is 23.7 Å². The van der Waals surface area contributed by atoms with E-state index in [1.807, 2.05) is 0 Å².